The summed E-state index contributed by atoms with van der Waals surface area (Å²) < 4.78 is 0. The lowest BCUT2D eigenvalue weighted by molar-refractivity contribution is 1.34. The lowest BCUT2D eigenvalue weighted by atomic mass is 10.2. The van der Waals surface area contributed by atoms with Crippen LogP contribution in [0.1, 0.15) is 5.56 Å². The number of benzene rings is 1. The van der Waals surface area contributed by atoms with Gasteiger partial charge in [0.05, 0.1) is 0 Å². The molecule has 60 valence electrons. The van der Waals surface area contributed by atoms with Gasteiger partial charge in [0.15, 0.2) is 0 Å². The third-order valence-corrected chi connectivity index (χ3v) is 1.50. The Morgan fingerprint density at radius 1 is 1.42 bits per heavy atom. The standard InChI is InChI=1S/C11H11N/c1-3-9-12-11-7-5-10(4-2)6-8-11/h2-3,5-8,12H,1,9H2. The molecule has 0 spiro atoms. The van der Waals surface area contributed by atoms with Crippen molar-refractivity contribution in [3.05, 3.63) is 42.5 Å². The fourth-order valence-electron chi connectivity index (χ4n) is 0.874. The maximum atomic E-state index is 5.21. The van der Waals surface area contributed by atoms with Crippen LogP contribution in [-0.4, -0.2) is 6.54 Å². The van der Waals surface area contributed by atoms with Gasteiger partial charge < -0.3 is 5.32 Å². The first-order chi connectivity index (χ1) is 5.86. The predicted octanol–water partition coefficient (Wildman–Crippen LogP) is 2.27. The Balaban J connectivity index is 2.66. The molecule has 0 atom stereocenters. The normalized spacial score (nSPS) is 8.58. The Hall–Kier alpha value is -1.68. The third-order valence-electron chi connectivity index (χ3n) is 1.50. The van der Waals surface area contributed by atoms with Gasteiger partial charge >= 0.3 is 0 Å². The molecular weight excluding hydrogens is 146 g/mol. The lowest BCUT2D eigenvalue weighted by Gasteiger charge is -2.01. The van der Waals surface area contributed by atoms with Crippen LogP contribution >= 0.6 is 0 Å². The Bertz CT molecular complexity index is 290. The summed E-state index contributed by atoms with van der Waals surface area (Å²) >= 11 is 0. The molecule has 0 radical (unpaired) electrons. The zero-order valence-electron chi connectivity index (χ0n) is 6.88. The summed E-state index contributed by atoms with van der Waals surface area (Å²) in [6.07, 6.45) is 7.03. The maximum absolute atomic E-state index is 5.21. The van der Waals surface area contributed by atoms with E-state index in [1.54, 1.807) is 0 Å². The van der Waals surface area contributed by atoms with Crippen LogP contribution in [0, 0.1) is 12.3 Å². The Labute approximate surface area is 73.1 Å². The molecule has 0 heterocycles. The van der Waals surface area contributed by atoms with E-state index in [0.717, 1.165) is 17.8 Å². The minimum atomic E-state index is 0.773. The van der Waals surface area contributed by atoms with E-state index in [9.17, 15) is 0 Å². The molecule has 1 aromatic rings. The average Bonchev–Trinajstić information content (AvgIpc) is 2.15. The number of rotatable bonds is 3. The monoisotopic (exact) mass is 157 g/mol. The molecule has 0 aromatic heterocycles. The van der Waals surface area contributed by atoms with Crippen molar-refractivity contribution in [1.29, 1.82) is 0 Å². The van der Waals surface area contributed by atoms with E-state index >= 15 is 0 Å². The van der Waals surface area contributed by atoms with Crippen LogP contribution in [0.4, 0.5) is 5.69 Å². The SMILES string of the molecule is C#Cc1ccc(NCC=C)cc1. The summed E-state index contributed by atoms with van der Waals surface area (Å²) in [5.41, 5.74) is 1.97. The molecule has 1 aromatic carbocycles. The molecule has 1 rings (SSSR count). The fraction of sp³-hybridized carbons (Fsp3) is 0.0909. The molecule has 0 bridgehead atoms. The van der Waals surface area contributed by atoms with Crippen molar-refractivity contribution in [1.82, 2.24) is 0 Å². The summed E-state index contributed by atoms with van der Waals surface area (Å²) in [6, 6.07) is 7.73. The minimum Gasteiger partial charge on any atom is -0.382 e. The Morgan fingerprint density at radius 3 is 2.58 bits per heavy atom. The van der Waals surface area contributed by atoms with E-state index in [1.165, 1.54) is 0 Å². The molecule has 0 saturated heterocycles. The van der Waals surface area contributed by atoms with Crippen LogP contribution in [0.3, 0.4) is 0 Å². The van der Waals surface area contributed by atoms with Crippen molar-refractivity contribution >= 4 is 5.69 Å². The highest BCUT2D eigenvalue weighted by Crippen LogP contribution is 2.07. The first kappa shape index (κ1) is 8.42. The van der Waals surface area contributed by atoms with E-state index in [1.807, 2.05) is 30.3 Å². The van der Waals surface area contributed by atoms with Gasteiger partial charge in [-0.1, -0.05) is 12.0 Å². The van der Waals surface area contributed by atoms with E-state index in [2.05, 4.69) is 17.8 Å². The Morgan fingerprint density at radius 2 is 2.08 bits per heavy atom. The van der Waals surface area contributed by atoms with E-state index in [4.69, 9.17) is 6.42 Å². The smallest absolute Gasteiger partial charge is 0.0343 e. The van der Waals surface area contributed by atoms with Crippen LogP contribution in [0.25, 0.3) is 0 Å². The van der Waals surface area contributed by atoms with Gasteiger partial charge in [-0.3, -0.25) is 0 Å². The van der Waals surface area contributed by atoms with Gasteiger partial charge in [0, 0.05) is 17.8 Å². The molecule has 0 amide bonds. The molecule has 1 N–H and O–H groups in total. The summed E-state index contributed by atoms with van der Waals surface area (Å²) in [4.78, 5) is 0. The van der Waals surface area contributed by atoms with Crippen molar-refractivity contribution in [2.45, 2.75) is 0 Å². The van der Waals surface area contributed by atoms with E-state index in [0.29, 0.717) is 0 Å². The average molecular weight is 157 g/mol. The topological polar surface area (TPSA) is 12.0 Å². The molecular formula is C11H11N. The van der Waals surface area contributed by atoms with Crippen LogP contribution in [0.2, 0.25) is 0 Å². The van der Waals surface area contributed by atoms with Crippen LogP contribution in [-0.2, 0) is 0 Å². The second kappa shape index (κ2) is 4.25. The predicted molar refractivity (Wildman–Crippen MR) is 53.1 cm³/mol. The van der Waals surface area contributed by atoms with Crippen molar-refractivity contribution in [3.63, 3.8) is 0 Å². The largest absolute Gasteiger partial charge is 0.382 e. The van der Waals surface area contributed by atoms with Gasteiger partial charge in [0.25, 0.3) is 0 Å². The molecule has 0 saturated carbocycles. The summed E-state index contributed by atoms with van der Waals surface area (Å²) in [5, 5.41) is 3.16. The van der Waals surface area contributed by atoms with E-state index in [-0.39, 0.29) is 0 Å². The summed E-state index contributed by atoms with van der Waals surface area (Å²) in [7, 11) is 0. The molecule has 0 aliphatic rings. The highest BCUT2D eigenvalue weighted by atomic mass is 14.8. The van der Waals surface area contributed by atoms with Crippen molar-refractivity contribution in [3.8, 4) is 12.3 Å². The second-order valence-electron chi connectivity index (χ2n) is 2.39. The van der Waals surface area contributed by atoms with Crippen molar-refractivity contribution in [2.75, 3.05) is 11.9 Å². The number of hydrogen-bond donors (Lipinski definition) is 1. The maximum Gasteiger partial charge on any atom is 0.0343 e. The van der Waals surface area contributed by atoms with Gasteiger partial charge in [-0.2, -0.15) is 0 Å². The zero-order chi connectivity index (χ0) is 8.81. The first-order valence-electron chi connectivity index (χ1n) is 3.78. The second-order valence-corrected chi connectivity index (χ2v) is 2.39. The third kappa shape index (κ3) is 2.17. The quantitative estimate of drug-likeness (QED) is 0.524. The van der Waals surface area contributed by atoms with Gasteiger partial charge in [0.2, 0.25) is 0 Å². The zero-order valence-corrected chi connectivity index (χ0v) is 6.88. The van der Waals surface area contributed by atoms with Crippen molar-refractivity contribution in [2.24, 2.45) is 0 Å². The van der Waals surface area contributed by atoms with Crippen LogP contribution in [0.15, 0.2) is 36.9 Å². The minimum absolute atomic E-state index is 0.773. The van der Waals surface area contributed by atoms with Crippen LogP contribution in [0.5, 0.6) is 0 Å². The lowest BCUT2D eigenvalue weighted by Crippen LogP contribution is -1.96. The molecule has 0 aliphatic heterocycles. The molecule has 12 heavy (non-hydrogen) atoms. The highest BCUT2D eigenvalue weighted by Gasteiger charge is 1.88. The van der Waals surface area contributed by atoms with Crippen LogP contribution < -0.4 is 5.32 Å². The molecule has 1 nitrogen and oxygen atoms in total. The number of anilines is 1. The van der Waals surface area contributed by atoms with Gasteiger partial charge in [-0.05, 0) is 24.3 Å². The van der Waals surface area contributed by atoms with Gasteiger partial charge in [0.1, 0.15) is 0 Å². The number of hydrogen-bond acceptors (Lipinski definition) is 1. The summed E-state index contributed by atoms with van der Waals surface area (Å²) in [5.74, 6) is 2.56. The number of terminal acetylenes is 1. The summed E-state index contributed by atoms with van der Waals surface area (Å²) in [6.45, 7) is 4.39. The fourth-order valence-corrected chi connectivity index (χ4v) is 0.874. The molecule has 0 unspecified atom stereocenters. The molecule has 1 heteroatoms. The first-order valence-corrected chi connectivity index (χ1v) is 3.78. The highest BCUT2D eigenvalue weighted by molar-refractivity contribution is 5.48. The Kier molecular flexibility index (Phi) is 2.98. The van der Waals surface area contributed by atoms with Crippen molar-refractivity contribution < 1.29 is 0 Å². The number of nitrogens with one attached hydrogen (secondary N) is 1. The van der Waals surface area contributed by atoms with Gasteiger partial charge in [-0.25, -0.2) is 0 Å². The molecule has 0 fully saturated rings. The van der Waals surface area contributed by atoms with Gasteiger partial charge in [-0.15, -0.1) is 13.0 Å². The van der Waals surface area contributed by atoms with E-state index < -0.39 is 0 Å². The molecule has 0 aliphatic carbocycles.